The molecule has 3 aromatic carbocycles. The fraction of sp³-hybridized carbons (Fsp3) is 0.0909. The van der Waals surface area contributed by atoms with E-state index >= 15 is 0 Å². The number of para-hydroxylation sites is 1. The lowest BCUT2D eigenvalue weighted by Gasteiger charge is -2.13. The van der Waals surface area contributed by atoms with Gasteiger partial charge in [0, 0.05) is 23.4 Å². The van der Waals surface area contributed by atoms with Crippen LogP contribution in [0.5, 0.6) is 11.5 Å². The zero-order valence-electron chi connectivity index (χ0n) is 16.1. The molecule has 6 nitrogen and oxygen atoms in total. The van der Waals surface area contributed by atoms with Crippen molar-refractivity contribution in [3.63, 3.8) is 0 Å². The number of anilines is 1. The zero-order valence-corrected chi connectivity index (χ0v) is 16.1. The SMILES string of the molecule is NC(=O)c1cccc(Oc2ccccc2CNC(=O)Nc2cccc(C(F)(F)F)c2)c1. The van der Waals surface area contributed by atoms with Crippen LogP contribution in [0.15, 0.2) is 72.8 Å². The summed E-state index contributed by atoms with van der Waals surface area (Å²) in [7, 11) is 0. The quantitative estimate of drug-likeness (QED) is 0.519. The van der Waals surface area contributed by atoms with Gasteiger partial charge in [-0.25, -0.2) is 4.79 Å². The molecule has 3 rings (SSSR count). The van der Waals surface area contributed by atoms with Crippen molar-refractivity contribution in [2.75, 3.05) is 5.32 Å². The number of nitrogens with two attached hydrogens (primary N) is 1. The number of hydrogen-bond donors (Lipinski definition) is 3. The Labute approximate surface area is 175 Å². The maximum absolute atomic E-state index is 12.8. The number of nitrogens with one attached hydrogen (secondary N) is 2. The summed E-state index contributed by atoms with van der Waals surface area (Å²) in [5, 5.41) is 4.95. The van der Waals surface area contributed by atoms with Gasteiger partial charge in [0.15, 0.2) is 0 Å². The third kappa shape index (κ3) is 5.99. The summed E-state index contributed by atoms with van der Waals surface area (Å²) in [4.78, 5) is 23.5. The van der Waals surface area contributed by atoms with Gasteiger partial charge >= 0.3 is 12.2 Å². The van der Waals surface area contributed by atoms with Gasteiger partial charge in [-0.15, -0.1) is 0 Å². The van der Waals surface area contributed by atoms with Crippen molar-refractivity contribution in [3.05, 3.63) is 89.5 Å². The first kappa shape index (κ1) is 21.7. The highest BCUT2D eigenvalue weighted by Crippen LogP contribution is 2.30. The largest absolute Gasteiger partial charge is 0.457 e. The van der Waals surface area contributed by atoms with Crippen molar-refractivity contribution in [2.24, 2.45) is 5.73 Å². The maximum Gasteiger partial charge on any atom is 0.416 e. The van der Waals surface area contributed by atoms with Crippen LogP contribution in [0.1, 0.15) is 21.5 Å². The van der Waals surface area contributed by atoms with Gasteiger partial charge in [-0.2, -0.15) is 13.2 Å². The summed E-state index contributed by atoms with van der Waals surface area (Å²) in [5.41, 5.74) is 5.33. The monoisotopic (exact) mass is 429 g/mol. The number of ether oxygens (including phenoxy) is 1. The number of carbonyl (C=O) groups is 2. The highest BCUT2D eigenvalue weighted by atomic mass is 19.4. The molecule has 0 aliphatic rings. The second-order valence-corrected chi connectivity index (χ2v) is 6.49. The fourth-order valence-corrected chi connectivity index (χ4v) is 2.71. The lowest BCUT2D eigenvalue weighted by Crippen LogP contribution is -2.28. The van der Waals surface area contributed by atoms with Crippen LogP contribution in [-0.2, 0) is 12.7 Å². The average Bonchev–Trinajstić information content (AvgIpc) is 2.73. The third-order valence-corrected chi connectivity index (χ3v) is 4.21. The number of urea groups is 1. The van der Waals surface area contributed by atoms with E-state index < -0.39 is 23.7 Å². The number of carbonyl (C=O) groups excluding carboxylic acids is 2. The molecule has 0 spiro atoms. The number of hydrogen-bond acceptors (Lipinski definition) is 3. The summed E-state index contributed by atoms with van der Waals surface area (Å²) < 4.78 is 44.2. The Balaban J connectivity index is 1.66. The lowest BCUT2D eigenvalue weighted by molar-refractivity contribution is -0.137. The molecule has 4 N–H and O–H groups in total. The van der Waals surface area contributed by atoms with Crippen molar-refractivity contribution < 1.29 is 27.5 Å². The molecule has 0 saturated carbocycles. The Morgan fingerprint density at radius 1 is 0.935 bits per heavy atom. The second kappa shape index (κ2) is 9.21. The summed E-state index contributed by atoms with van der Waals surface area (Å²) >= 11 is 0. The summed E-state index contributed by atoms with van der Waals surface area (Å²) in [6.07, 6.45) is -4.50. The Hall–Kier alpha value is -4.01. The normalized spacial score (nSPS) is 10.9. The first-order chi connectivity index (χ1) is 14.7. The molecule has 0 saturated heterocycles. The highest BCUT2D eigenvalue weighted by molar-refractivity contribution is 5.93. The molecule has 0 heterocycles. The molecule has 0 unspecified atom stereocenters. The maximum atomic E-state index is 12.8. The van der Waals surface area contributed by atoms with E-state index in [0.29, 0.717) is 17.1 Å². The molecule has 3 amide bonds. The van der Waals surface area contributed by atoms with Crippen molar-refractivity contribution in [1.82, 2.24) is 5.32 Å². The molecule has 9 heteroatoms. The predicted octanol–water partition coefficient (Wildman–Crippen LogP) is 4.92. The molecule has 0 aromatic heterocycles. The number of rotatable bonds is 6. The lowest BCUT2D eigenvalue weighted by atomic mass is 10.2. The van der Waals surface area contributed by atoms with E-state index in [9.17, 15) is 22.8 Å². The van der Waals surface area contributed by atoms with Crippen LogP contribution in [-0.4, -0.2) is 11.9 Å². The Morgan fingerprint density at radius 3 is 2.42 bits per heavy atom. The zero-order chi connectivity index (χ0) is 22.4. The van der Waals surface area contributed by atoms with E-state index in [0.717, 1.165) is 12.1 Å². The molecule has 0 atom stereocenters. The topological polar surface area (TPSA) is 93.5 Å². The molecule has 0 aliphatic heterocycles. The van der Waals surface area contributed by atoms with Gasteiger partial charge in [0.05, 0.1) is 5.56 Å². The van der Waals surface area contributed by atoms with E-state index in [1.807, 2.05) is 0 Å². The third-order valence-electron chi connectivity index (χ3n) is 4.21. The molecule has 31 heavy (non-hydrogen) atoms. The standard InChI is InChI=1S/C22H18F3N3O3/c23-22(24,25)16-7-4-8-17(12-16)28-21(30)27-13-15-5-1-2-10-19(15)31-18-9-3-6-14(11-18)20(26)29/h1-12H,13H2,(H2,26,29)(H2,27,28,30). The number of benzene rings is 3. The molecular formula is C22H18F3N3O3. The van der Waals surface area contributed by atoms with Crippen LogP contribution in [0.25, 0.3) is 0 Å². The van der Waals surface area contributed by atoms with Gasteiger partial charge < -0.3 is 21.1 Å². The summed E-state index contributed by atoms with van der Waals surface area (Å²) in [6, 6.07) is 16.9. The molecule has 3 aromatic rings. The van der Waals surface area contributed by atoms with Gasteiger partial charge in [0.25, 0.3) is 0 Å². The molecular weight excluding hydrogens is 411 g/mol. The highest BCUT2D eigenvalue weighted by Gasteiger charge is 2.30. The predicted molar refractivity (Wildman–Crippen MR) is 109 cm³/mol. The van der Waals surface area contributed by atoms with Crippen molar-refractivity contribution in [2.45, 2.75) is 12.7 Å². The first-order valence-electron chi connectivity index (χ1n) is 9.10. The van der Waals surface area contributed by atoms with E-state index in [2.05, 4.69) is 10.6 Å². The Morgan fingerprint density at radius 2 is 1.68 bits per heavy atom. The van der Waals surface area contributed by atoms with Crippen molar-refractivity contribution >= 4 is 17.6 Å². The van der Waals surface area contributed by atoms with E-state index in [1.54, 1.807) is 42.5 Å². The van der Waals surface area contributed by atoms with Gasteiger partial charge in [-0.3, -0.25) is 4.79 Å². The van der Waals surface area contributed by atoms with Crippen LogP contribution in [0, 0.1) is 0 Å². The Kier molecular flexibility index (Phi) is 6.44. The number of halogens is 3. The van der Waals surface area contributed by atoms with Crippen LogP contribution < -0.4 is 21.1 Å². The van der Waals surface area contributed by atoms with E-state index in [-0.39, 0.29) is 17.8 Å². The number of primary amides is 1. The summed E-state index contributed by atoms with van der Waals surface area (Å²) in [6.45, 7) is 0.0521. The van der Waals surface area contributed by atoms with Gasteiger partial charge in [0.2, 0.25) is 5.91 Å². The van der Waals surface area contributed by atoms with Crippen molar-refractivity contribution in [3.8, 4) is 11.5 Å². The molecule has 0 fully saturated rings. The number of alkyl halides is 3. The van der Waals surface area contributed by atoms with E-state index in [1.165, 1.54) is 18.2 Å². The minimum Gasteiger partial charge on any atom is -0.457 e. The average molecular weight is 429 g/mol. The minimum absolute atomic E-state index is 0.0140. The first-order valence-corrected chi connectivity index (χ1v) is 9.10. The van der Waals surface area contributed by atoms with Gasteiger partial charge in [0.1, 0.15) is 11.5 Å². The van der Waals surface area contributed by atoms with Crippen molar-refractivity contribution in [1.29, 1.82) is 0 Å². The second-order valence-electron chi connectivity index (χ2n) is 6.49. The molecule has 0 bridgehead atoms. The van der Waals surface area contributed by atoms with Crippen LogP contribution in [0.3, 0.4) is 0 Å². The van der Waals surface area contributed by atoms with Crippen LogP contribution >= 0.6 is 0 Å². The van der Waals surface area contributed by atoms with Crippen LogP contribution in [0.2, 0.25) is 0 Å². The Bertz CT molecular complexity index is 1100. The van der Waals surface area contributed by atoms with Gasteiger partial charge in [-0.05, 0) is 42.5 Å². The van der Waals surface area contributed by atoms with Gasteiger partial charge in [-0.1, -0.05) is 30.3 Å². The molecule has 160 valence electrons. The minimum atomic E-state index is -4.50. The van der Waals surface area contributed by atoms with Crippen LogP contribution in [0.4, 0.5) is 23.7 Å². The molecule has 0 aliphatic carbocycles. The number of amides is 3. The smallest absolute Gasteiger partial charge is 0.416 e. The molecule has 0 radical (unpaired) electrons. The summed E-state index contributed by atoms with van der Waals surface area (Å²) in [5.74, 6) is 0.229. The van der Waals surface area contributed by atoms with E-state index in [4.69, 9.17) is 10.5 Å². The fourth-order valence-electron chi connectivity index (χ4n) is 2.71.